The molecule has 0 saturated heterocycles. The highest BCUT2D eigenvalue weighted by Crippen LogP contribution is 2.31. The van der Waals surface area contributed by atoms with Gasteiger partial charge in [0, 0.05) is 22.3 Å². The third kappa shape index (κ3) is 2.64. The Hall–Kier alpha value is -4.22. The molecule has 0 unspecified atom stereocenters. The van der Waals surface area contributed by atoms with Crippen LogP contribution in [0.1, 0.15) is 43.0 Å². The number of nitrogens with zero attached hydrogens (tertiary/aromatic N) is 2. The van der Waals surface area contributed by atoms with E-state index in [1.165, 1.54) is 18.2 Å². The number of carbonyl (C=O) groups excluding carboxylic acids is 2. The minimum atomic E-state index is -0.233. The smallest absolute Gasteiger partial charge is 0.194 e. The van der Waals surface area contributed by atoms with Gasteiger partial charge in [0.2, 0.25) is 0 Å². The van der Waals surface area contributed by atoms with Gasteiger partial charge in [0.1, 0.15) is 23.6 Å². The zero-order chi connectivity index (χ0) is 19.0. The van der Waals surface area contributed by atoms with E-state index in [4.69, 9.17) is 15.3 Å². The molecule has 0 saturated carbocycles. The van der Waals surface area contributed by atoms with Gasteiger partial charge >= 0.3 is 0 Å². The van der Waals surface area contributed by atoms with Gasteiger partial charge in [-0.25, -0.2) is 0 Å². The van der Waals surface area contributed by atoms with Crippen LogP contribution in [0, 0.1) is 22.7 Å². The Kier molecular flexibility index (Phi) is 3.77. The molecule has 5 nitrogen and oxygen atoms in total. The van der Waals surface area contributed by atoms with E-state index in [1.807, 2.05) is 12.1 Å². The van der Waals surface area contributed by atoms with Gasteiger partial charge in [-0.2, -0.15) is 10.5 Å². The van der Waals surface area contributed by atoms with Crippen LogP contribution in [0.4, 0.5) is 0 Å². The molecule has 5 heteroatoms. The van der Waals surface area contributed by atoms with Crippen molar-refractivity contribution in [3.8, 4) is 23.6 Å². The lowest BCUT2D eigenvalue weighted by atomic mass is 9.84. The molecule has 0 amide bonds. The van der Waals surface area contributed by atoms with Crippen molar-refractivity contribution in [3.05, 3.63) is 94.0 Å². The van der Waals surface area contributed by atoms with Crippen LogP contribution in [0.3, 0.4) is 0 Å². The largest absolute Gasteiger partial charge is 0.457 e. The molecule has 126 valence electrons. The van der Waals surface area contributed by atoms with Crippen molar-refractivity contribution in [1.82, 2.24) is 0 Å². The third-order valence-corrected chi connectivity index (χ3v) is 4.36. The van der Waals surface area contributed by atoms with Crippen molar-refractivity contribution in [1.29, 1.82) is 10.5 Å². The predicted octanol–water partition coefficient (Wildman–Crippen LogP) is 4.00. The number of fused-ring (bicyclic) bond motifs is 2. The van der Waals surface area contributed by atoms with Crippen LogP contribution in [0.25, 0.3) is 0 Å². The summed E-state index contributed by atoms with van der Waals surface area (Å²) in [5.41, 5.74) is 1.85. The predicted molar refractivity (Wildman–Crippen MR) is 95.7 cm³/mol. The maximum atomic E-state index is 12.8. The van der Waals surface area contributed by atoms with Crippen molar-refractivity contribution >= 4 is 11.6 Å². The second kappa shape index (κ2) is 6.25. The third-order valence-electron chi connectivity index (χ3n) is 4.36. The number of hydrogen-bond donors (Lipinski definition) is 0. The fourth-order valence-electron chi connectivity index (χ4n) is 3.05. The fourth-order valence-corrected chi connectivity index (χ4v) is 3.05. The first-order valence-electron chi connectivity index (χ1n) is 8.07. The topological polar surface area (TPSA) is 90.9 Å². The van der Waals surface area contributed by atoms with Gasteiger partial charge in [0.05, 0.1) is 11.1 Å². The molecule has 4 rings (SSSR count). The first-order valence-corrected chi connectivity index (χ1v) is 8.07. The van der Waals surface area contributed by atoms with Gasteiger partial charge in [0.15, 0.2) is 11.6 Å². The van der Waals surface area contributed by atoms with Crippen LogP contribution in [-0.4, -0.2) is 11.6 Å². The summed E-state index contributed by atoms with van der Waals surface area (Å²) in [7, 11) is 0. The van der Waals surface area contributed by atoms with Gasteiger partial charge in [-0.15, -0.1) is 0 Å². The van der Waals surface area contributed by atoms with Crippen LogP contribution in [0.5, 0.6) is 11.5 Å². The van der Waals surface area contributed by atoms with Crippen LogP contribution in [0.2, 0.25) is 0 Å². The molecular formula is C22H10N2O3. The molecule has 3 aromatic rings. The van der Waals surface area contributed by atoms with Crippen LogP contribution < -0.4 is 4.74 Å². The average molecular weight is 350 g/mol. The lowest BCUT2D eigenvalue weighted by molar-refractivity contribution is 0.0979. The number of ketones is 2. The zero-order valence-electron chi connectivity index (χ0n) is 13.9. The lowest BCUT2D eigenvalue weighted by Gasteiger charge is -2.18. The van der Waals surface area contributed by atoms with Gasteiger partial charge in [-0.05, 0) is 36.4 Å². The van der Waals surface area contributed by atoms with E-state index >= 15 is 0 Å². The summed E-state index contributed by atoms with van der Waals surface area (Å²) in [6.07, 6.45) is 0. The van der Waals surface area contributed by atoms with Gasteiger partial charge < -0.3 is 4.74 Å². The summed E-state index contributed by atoms with van der Waals surface area (Å²) in [5, 5.41) is 18.1. The molecule has 3 aromatic carbocycles. The Morgan fingerprint density at radius 1 is 0.630 bits per heavy atom. The first-order chi connectivity index (χ1) is 13.1. The summed E-state index contributed by atoms with van der Waals surface area (Å²) >= 11 is 0. The molecule has 0 radical (unpaired) electrons. The number of nitriles is 2. The molecule has 0 bridgehead atoms. The number of rotatable bonds is 2. The first kappa shape index (κ1) is 16.3. The second-order valence-corrected chi connectivity index (χ2v) is 5.94. The maximum Gasteiger partial charge on any atom is 0.194 e. The summed E-state index contributed by atoms with van der Waals surface area (Å²) in [4.78, 5) is 25.4. The lowest BCUT2D eigenvalue weighted by Crippen LogP contribution is -2.20. The Bertz CT molecular complexity index is 1210. The van der Waals surface area contributed by atoms with E-state index in [2.05, 4.69) is 0 Å². The van der Waals surface area contributed by atoms with Crippen molar-refractivity contribution in [2.75, 3.05) is 0 Å². The molecular weight excluding hydrogens is 340 g/mol. The Morgan fingerprint density at radius 3 is 1.85 bits per heavy atom. The number of benzene rings is 3. The average Bonchev–Trinajstić information content (AvgIpc) is 2.72. The normalized spacial score (nSPS) is 11.8. The monoisotopic (exact) mass is 350 g/mol. The SMILES string of the molecule is N#Cc1ccc(Oc2ccc3c(c2)C(=O)c2ccccc2C3=O)cc1C#N. The van der Waals surface area contributed by atoms with Crippen molar-refractivity contribution in [2.45, 2.75) is 0 Å². The summed E-state index contributed by atoms with van der Waals surface area (Å²) < 4.78 is 5.73. The minimum absolute atomic E-state index is 0.197. The van der Waals surface area contributed by atoms with Crippen molar-refractivity contribution < 1.29 is 14.3 Å². The molecule has 0 heterocycles. The molecule has 0 aliphatic heterocycles. The Morgan fingerprint density at radius 2 is 1.19 bits per heavy atom. The molecule has 0 fully saturated rings. The highest BCUT2D eigenvalue weighted by Gasteiger charge is 2.29. The molecule has 0 spiro atoms. The van der Waals surface area contributed by atoms with Crippen LogP contribution >= 0.6 is 0 Å². The van der Waals surface area contributed by atoms with E-state index in [1.54, 1.807) is 42.5 Å². The van der Waals surface area contributed by atoms with E-state index in [0.717, 1.165) is 0 Å². The molecule has 1 aliphatic carbocycles. The van der Waals surface area contributed by atoms with Crippen LogP contribution in [0.15, 0.2) is 60.7 Å². The Labute approximate surface area is 154 Å². The van der Waals surface area contributed by atoms with Crippen LogP contribution in [-0.2, 0) is 0 Å². The molecule has 27 heavy (non-hydrogen) atoms. The highest BCUT2D eigenvalue weighted by atomic mass is 16.5. The van der Waals surface area contributed by atoms with E-state index in [9.17, 15) is 9.59 Å². The Balaban J connectivity index is 1.72. The van der Waals surface area contributed by atoms with Gasteiger partial charge in [-0.1, -0.05) is 24.3 Å². The fraction of sp³-hybridized carbons (Fsp3) is 0. The molecule has 0 N–H and O–H groups in total. The highest BCUT2D eigenvalue weighted by molar-refractivity contribution is 6.28. The van der Waals surface area contributed by atoms with Crippen molar-refractivity contribution in [2.24, 2.45) is 0 Å². The van der Waals surface area contributed by atoms with E-state index in [-0.39, 0.29) is 28.3 Å². The quantitative estimate of drug-likeness (QED) is 0.545. The number of ether oxygens (including phenoxy) is 1. The summed E-state index contributed by atoms with van der Waals surface area (Å²) in [6, 6.07) is 19.8. The van der Waals surface area contributed by atoms with Crippen molar-refractivity contribution in [3.63, 3.8) is 0 Å². The molecule has 0 aromatic heterocycles. The minimum Gasteiger partial charge on any atom is -0.457 e. The summed E-state index contributed by atoms with van der Waals surface area (Å²) in [5.74, 6) is 0.295. The molecule has 1 aliphatic rings. The maximum absolute atomic E-state index is 12.8. The number of hydrogen-bond acceptors (Lipinski definition) is 5. The summed E-state index contributed by atoms with van der Waals surface area (Å²) in [6.45, 7) is 0. The van der Waals surface area contributed by atoms with E-state index in [0.29, 0.717) is 28.2 Å². The van der Waals surface area contributed by atoms with Gasteiger partial charge in [0.25, 0.3) is 0 Å². The number of carbonyl (C=O) groups is 2. The zero-order valence-corrected chi connectivity index (χ0v) is 13.9. The second-order valence-electron chi connectivity index (χ2n) is 5.94. The standard InChI is InChI=1S/C22H10N2O3/c23-11-13-5-6-15(9-14(13)12-24)27-16-7-8-19-20(10-16)22(26)18-4-2-1-3-17(18)21(19)25/h1-10H. The van der Waals surface area contributed by atoms with E-state index < -0.39 is 0 Å². The molecule has 0 atom stereocenters. The van der Waals surface area contributed by atoms with Gasteiger partial charge in [-0.3, -0.25) is 9.59 Å².